The first-order valence-electron chi connectivity index (χ1n) is 12.8. The number of pyridine rings is 1. The molecule has 1 aliphatic carbocycles. The Morgan fingerprint density at radius 1 is 1.08 bits per heavy atom. The van der Waals surface area contributed by atoms with E-state index in [0.717, 1.165) is 40.6 Å². The van der Waals surface area contributed by atoms with E-state index < -0.39 is 0 Å². The highest BCUT2D eigenvalue weighted by Gasteiger charge is 2.44. The molecule has 0 unspecified atom stereocenters. The van der Waals surface area contributed by atoms with Gasteiger partial charge in [-0.05, 0) is 48.2 Å². The van der Waals surface area contributed by atoms with Crippen LogP contribution in [0.5, 0.6) is 0 Å². The van der Waals surface area contributed by atoms with Crippen LogP contribution in [0.15, 0.2) is 90.1 Å². The minimum Gasteiger partial charge on any atom is -0.365 e. The molecule has 2 aromatic carbocycles. The van der Waals surface area contributed by atoms with Gasteiger partial charge in [0.15, 0.2) is 5.82 Å². The van der Waals surface area contributed by atoms with Gasteiger partial charge >= 0.3 is 0 Å². The number of nitrogens with zero attached hydrogens (tertiary/aromatic N) is 3. The lowest BCUT2D eigenvalue weighted by atomic mass is 9.96. The maximum atomic E-state index is 13.6. The summed E-state index contributed by atoms with van der Waals surface area (Å²) in [5.74, 6) is -0.393. The van der Waals surface area contributed by atoms with E-state index in [1.807, 2.05) is 42.5 Å². The highest BCUT2D eigenvalue weighted by Crippen LogP contribution is 2.48. The van der Waals surface area contributed by atoms with E-state index in [1.54, 1.807) is 30.7 Å². The van der Waals surface area contributed by atoms with Crippen molar-refractivity contribution in [2.75, 3.05) is 11.9 Å². The maximum absolute atomic E-state index is 13.6. The molecule has 0 aliphatic heterocycles. The summed E-state index contributed by atoms with van der Waals surface area (Å²) < 4.78 is 14.9. The number of rotatable bonds is 9. The second kappa shape index (κ2) is 10.2. The van der Waals surface area contributed by atoms with Crippen LogP contribution in [0.3, 0.4) is 0 Å². The fourth-order valence-corrected chi connectivity index (χ4v) is 4.90. The predicted octanol–water partition coefficient (Wildman–Crippen LogP) is 5.12. The smallest absolute Gasteiger partial charge is 0.294 e. The van der Waals surface area contributed by atoms with Crippen LogP contribution in [-0.2, 0) is 23.3 Å². The van der Waals surface area contributed by atoms with Crippen molar-refractivity contribution in [3.05, 3.63) is 113 Å². The molecule has 9 heteroatoms. The SMILES string of the molecule is O=C(Cn1c(-c2ccccc2)cnc(NCC2(c3ccc(F)cc3)CC2)c1=O)NCc1cc2cnccc2[nH]1.[HH].[HH].[HH]. The first-order valence-corrected chi connectivity index (χ1v) is 12.8. The highest BCUT2D eigenvalue weighted by atomic mass is 19.1. The summed E-state index contributed by atoms with van der Waals surface area (Å²) in [6.45, 7) is 0.622. The predicted molar refractivity (Wildman–Crippen MR) is 154 cm³/mol. The van der Waals surface area contributed by atoms with E-state index in [9.17, 15) is 14.0 Å². The van der Waals surface area contributed by atoms with Crippen LogP contribution >= 0.6 is 0 Å². The molecular formula is C30H33FN6O2. The number of hydrogen-bond donors (Lipinski definition) is 3. The van der Waals surface area contributed by atoms with Crippen LogP contribution in [0.1, 0.15) is 28.4 Å². The Kier molecular flexibility index (Phi) is 6.40. The van der Waals surface area contributed by atoms with Gasteiger partial charge in [-0.3, -0.25) is 19.1 Å². The lowest BCUT2D eigenvalue weighted by molar-refractivity contribution is -0.121. The van der Waals surface area contributed by atoms with Crippen molar-refractivity contribution in [3.8, 4) is 11.3 Å². The standard InChI is InChI=1S/C30H27FN6O2.3H2/c31-23-8-6-22(7-9-23)30(11-12-30)19-35-28-29(39)37(26(17-34-28)20-4-2-1-3-5-20)18-27(38)33-16-24-14-21-15-32-13-10-25(21)36-24;;;/h1-10,13-15,17,36H,11-12,16,18-19H2,(H,33,38)(H,34,35);3*1H. The second-order valence-electron chi connectivity index (χ2n) is 9.92. The summed E-state index contributed by atoms with van der Waals surface area (Å²) in [7, 11) is 0. The molecule has 8 nitrogen and oxygen atoms in total. The average molecular weight is 529 g/mol. The lowest BCUT2D eigenvalue weighted by Gasteiger charge is -2.18. The van der Waals surface area contributed by atoms with Gasteiger partial charge in [-0.2, -0.15) is 0 Å². The van der Waals surface area contributed by atoms with Crippen molar-refractivity contribution in [2.24, 2.45) is 0 Å². The Hall–Kier alpha value is -4.79. The summed E-state index contributed by atoms with van der Waals surface area (Å²) in [5.41, 5.74) is 3.62. The van der Waals surface area contributed by atoms with E-state index in [-0.39, 0.29) is 39.3 Å². The maximum Gasteiger partial charge on any atom is 0.294 e. The number of halogens is 1. The Bertz CT molecular complexity index is 1670. The molecule has 5 aromatic rings. The van der Waals surface area contributed by atoms with Gasteiger partial charge in [-0.25, -0.2) is 9.37 Å². The number of amides is 1. The van der Waals surface area contributed by atoms with Crippen molar-refractivity contribution in [1.82, 2.24) is 24.8 Å². The molecule has 0 atom stereocenters. The molecule has 0 bridgehead atoms. The van der Waals surface area contributed by atoms with Crippen molar-refractivity contribution in [3.63, 3.8) is 0 Å². The molecule has 3 aromatic heterocycles. The number of fused-ring (bicyclic) bond motifs is 1. The minimum atomic E-state index is -0.377. The van der Waals surface area contributed by atoms with E-state index >= 15 is 0 Å². The molecule has 1 saturated carbocycles. The van der Waals surface area contributed by atoms with Gasteiger partial charge in [0.1, 0.15) is 12.4 Å². The molecule has 1 amide bonds. The molecular weight excluding hydrogens is 495 g/mol. The third-order valence-corrected chi connectivity index (χ3v) is 7.28. The van der Waals surface area contributed by atoms with Crippen LogP contribution in [0.25, 0.3) is 22.2 Å². The Morgan fingerprint density at radius 2 is 1.87 bits per heavy atom. The Balaban J connectivity index is 0.00000161. The van der Waals surface area contributed by atoms with Crippen molar-refractivity contribution in [1.29, 1.82) is 0 Å². The number of nitrogens with one attached hydrogen (secondary N) is 3. The quantitative estimate of drug-likeness (QED) is 0.246. The number of anilines is 1. The summed E-state index contributed by atoms with van der Waals surface area (Å²) >= 11 is 0. The second-order valence-corrected chi connectivity index (χ2v) is 9.92. The molecule has 202 valence electrons. The van der Waals surface area contributed by atoms with Crippen molar-refractivity contribution < 1.29 is 13.5 Å². The largest absolute Gasteiger partial charge is 0.365 e. The van der Waals surface area contributed by atoms with E-state index in [4.69, 9.17) is 0 Å². The average Bonchev–Trinajstić information content (AvgIpc) is 3.63. The Morgan fingerprint density at radius 3 is 2.62 bits per heavy atom. The molecule has 39 heavy (non-hydrogen) atoms. The van der Waals surface area contributed by atoms with Gasteiger partial charge in [0.05, 0.1) is 18.4 Å². The zero-order chi connectivity index (χ0) is 26.8. The highest BCUT2D eigenvalue weighted by molar-refractivity contribution is 5.80. The normalized spacial score (nSPS) is 13.8. The van der Waals surface area contributed by atoms with Crippen LogP contribution in [0, 0.1) is 5.82 Å². The topological polar surface area (TPSA) is 105 Å². The van der Waals surface area contributed by atoms with Gasteiger partial charge in [-0.15, -0.1) is 0 Å². The van der Waals surface area contributed by atoms with Gasteiger partial charge < -0.3 is 15.6 Å². The molecule has 3 N–H and O–H groups in total. The molecule has 3 heterocycles. The number of benzene rings is 2. The van der Waals surface area contributed by atoms with Crippen molar-refractivity contribution in [2.45, 2.75) is 31.3 Å². The minimum absolute atomic E-state index is 0. The number of hydrogen-bond acceptors (Lipinski definition) is 5. The molecule has 0 spiro atoms. The van der Waals surface area contributed by atoms with Gasteiger partial charge in [-0.1, -0.05) is 42.5 Å². The molecule has 0 radical (unpaired) electrons. The third kappa shape index (κ3) is 5.16. The summed E-state index contributed by atoms with van der Waals surface area (Å²) in [6.07, 6.45) is 6.96. The number of carbonyl (C=O) groups excluding carboxylic acids is 1. The van der Waals surface area contributed by atoms with E-state index in [0.29, 0.717) is 18.8 Å². The fourth-order valence-electron chi connectivity index (χ4n) is 4.90. The summed E-state index contributed by atoms with van der Waals surface area (Å²) in [4.78, 5) is 38.4. The molecule has 6 rings (SSSR count). The number of H-pyrrole nitrogens is 1. The van der Waals surface area contributed by atoms with Gasteiger partial charge in [0, 0.05) is 45.2 Å². The zero-order valence-electron chi connectivity index (χ0n) is 21.2. The lowest BCUT2D eigenvalue weighted by Crippen LogP contribution is -2.35. The number of aromatic nitrogens is 4. The monoisotopic (exact) mass is 528 g/mol. The fraction of sp³-hybridized carbons (Fsp3) is 0.200. The molecule has 0 saturated heterocycles. The van der Waals surface area contributed by atoms with Crippen LogP contribution in [0.2, 0.25) is 0 Å². The van der Waals surface area contributed by atoms with Crippen LogP contribution < -0.4 is 16.2 Å². The van der Waals surface area contributed by atoms with Crippen LogP contribution in [-0.4, -0.2) is 32.0 Å². The van der Waals surface area contributed by atoms with Crippen molar-refractivity contribution >= 4 is 22.6 Å². The van der Waals surface area contributed by atoms with Gasteiger partial charge in [0.25, 0.3) is 5.56 Å². The zero-order valence-corrected chi connectivity index (χ0v) is 21.2. The van der Waals surface area contributed by atoms with E-state index in [1.165, 1.54) is 16.7 Å². The first kappa shape index (κ1) is 24.5. The van der Waals surface area contributed by atoms with Gasteiger partial charge in [0.2, 0.25) is 5.91 Å². The van der Waals surface area contributed by atoms with Crippen LogP contribution in [0.4, 0.5) is 10.2 Å². The first-order chi connectivity index (χ1) is 19.0. The molecule has 1 fully saturated rings. The van der Waals surface area contributed by atoms with E-state index in [2.05, 4.69) is 25.6 Å². The molecule has 1 aliphatic rings. The number of aromatic amines is 1. The summed E-state index contributed by atoms with van der Waals surface area (Å²) in [5, 5.41) is 7.08. The third-order valence-electron chi connectivity index (χ3n) is 7.28. The Labute approximate surface area is 228 Å². The summed E-state index contributed by atoms with van der Waals surface area (Å²) in [6, 6.07) is 19.7. The number of carbonyl (C=O) groups is 1.